The van der Waals surface area contributed by atoms with Crippen LogP contribution in [0.25, 0.3) is 0 Å². The predicted octanol–water partition coefficient (Wildman–Crippen LogP) is 3.17. The van der Waals surface area contributed by atoms with E-state index in [1.54, 1.807) is 0 Å². The van der Waals surface area contributed by atoms with Gasteiger partial charge in [-0.05, 0) is 44.0 Å². The van der Waals surface area contributed by atoms with Gasteiger partial charge in [-0.1, -0.05) is 37.6 Å². The Labute approximate surface area is 111 Å². The van der Waals surface area contributed by atoms with Gasteiger partial charge in [-0.25, -0.2) is 0 Å². The molecule has 1 aliphatic rings. The minimum absolute atomic E-state index is 0.742. The molecule has 1 atom stereocenters. The molecule has 1 heterocycles. The van der Waals surface area contributed by atoms with Gasteiger partial charge in [-0.15, -0.1) is 0 Å². The number of piperidine rings is 1. The molecule has 18 heavy (non-hydrogen) atoms. The maximum absolute atomic E-state index is 3.43. The van der Waals surface area contributed by atoms with Gasteiger partial charge >= 0.3 is 0 Å². The van der Waals surface area contributed by atoms with Crippen molar-refractivity contribution in [2.24, 2.45) is 0 Å². The summed E-state index contributed by atoms with van der Waals surface area (Å²) in [7, 11) is 0. The van der Waals surface area contributed by atoms with Crippen LogP contribution in [0.3, 0.4) is 0 Å². The first kappa shape index (κ1) is 13.6. The van der Waals surface area contributed by atoms with Gasteiger partial charge in [-0.2, -0.15) is 0 Å². The SMILES string of the molecule is CCNCc1ccccc1CN1CCCCC1C. The van der Waals surface area contributed by atoms with Crippen LogP contribution in [0.15, 0.2) is 24.3 Å². The predicted molar refractivity (Wildman–Crippen MR) is 77.5 cm³/mol. The molecule has 1 aromatic carbocycles. The van der Waals surface area contributed by atoms with E-state index in [4.69, 9.17) is 0 Å². The van der Waals surface area contributed by atoms with E-state index < -0.39 is 0 Å². The molecule has 0 radical (unpaired) electrons. The van der Waals surface area contributed by atoms with Crippen LogP contribution in [0.2, 0.25) is 0 Å². The van der Waals surface area contributed by atoms with Crippen molar-refractivity contribution in [3.05, 3.63) is 35.4 Å². The molecule has 1 fully saturated rings. The Balaban J connectivity index is 2.03. The average molecular weight is 246 g/mol. The summed E-state index contributed by atoms with van der Waals surface area (Å²) in [5.41, 5.74) is 2.95. The zero-order valence-electron chi connectivity index (χ0n) is 11.8. The number of benzene rings is 1. The molecule has 1 N–H and O–H groups in total. The second kappa shape index (κ2) is 6.91. The third-order valence-corrected chi connectivity index (χ3v) is 4.00. The van der Waals surface area contributed by atoms with E-state index in [0.29, 0.717) is 0 Å². The highest BCUT2D eigenvalue weighted by Crippen LogP contribution is 2.20. The fourth-order valence-corrected chi connectivity index (χ4v) is 2.76. The van der Waals surface area contributed by atoms with E-state index in [9.17, 15) is 0 Å². The molecule has 2 rings (SSSR count). The van der Waals surface area contributed by atoms with E-state index in [1.807, 2.05) is 0 Å². The molecule has 0 aliphatic carbocycles. The lowest BCUT2D eigenvalue weighted by molar-refractivity contribution is 0.152. The van der Waals surface area contributed by atoms with Crippen molar-refractivity contribution in [2.45, 2.75) is 52.2 Å². The van der Waals surface area contributed by atoms with Gasteiger partial charge in [0.2, 0.25) is 0 Å². The lowest BCUT2D eigenvalue weighted by Crippen LogP contribution is -2.37. The van der Waals surface area contributed by atoms with Crippen LogP contribution >= 0.6 is 0 Å². The Hall–Kier alpha value is -0.860. The standard InChI is InChI=1S/C16H26N2/c1-3-17-12-15-9-4-5-10-16(15)13-18-11-7-6-8-14(18)2/h4-5,9-10,14,17H,3,6-8,11-13H2,1-2H3. The first-order valence-electron chi connectivity index (χ1n) is 7.32. The number of hydrogen-bond donors (Lipinski definition) is 1. The summed E-state index contributed by atoms with van der Waals surface area (Å²) in [5, 5.41) is 3.43. The summed E-state index contributed by atoms with van der Waals surface area (Å²) in [6.45, 7) is 8.93. The van der Waals surface area contributed by atoms with Gasteiger partial charge in [-0.3, -0.25) is 4.90 Å². The van der Waals surface area contributed by atoms with E-state index in [1.165, 1.54) is 36.9 Å². The van der Waals surface area contributed by atoms with Gasteiger partial charge in [0.1, 0.15) is 0 Å². The Morgan fingerprint density at radius 1 is 1.22 bits per heavy atom. The zero-order valence-corrected chi connectivity index (χ0v) is 11.8. The average Bonchev–Trinajstić information content (AvgIpc) is 2.40. The van der Waals surface area contributed by atoms with Crippen LogP contribution in [0.4, 0.5) is 0 Å². The molecule has 0 spiro atoms. The Kier molecular flexibility index (Phi) is 5.21. The van der Waals surface area contributed by atoms with Gasteiger partial charge in [0.25, 0.3) is 0 Å². The minimum Gasteiger partial charge on any atom is -0.313 e. The number of nitrogens with zero attached hydrogens (tertiary/aromatic N) is 1. The molecule has 1 saturated heterocycles. The smallest absolute Gasteiger partial charge is 0.0239 e. The lowest BCUT2D eigenvalue weighted by atomic mass is 10.0. The summed E-state index contributed by atoms with van der Waals surface area (Å²) in [4.78, 5) is 2.63. The van der Waals surface area contributed by atoms with Crippen molar-refractivity contribution in [1.29, 1.82) is 0 Å². The molecule has 0 bridgehead atoms. The third-order valence-electron chi connectivity index (χ3n) is 4.00. The molecule has 1 aromatic rings. The summed E-state index contributed by atoms with van der Waals surface area (Å²) in [6.07, 6.45) is 4.12. The molecule has 0 saturated carbocycles. The molecule has 100 valence electrons. The molecular formula is C16H26N2. The van der Waals surface area contributed by atoms with Crippen molar-refractivity contribution < 1.29 is 0 Å². The van der Waals surface area contributed by atoms with Crippen molar-refractivity contribution in [1.82, 2.24) is 10.2 Å². The number of nitrogens with one attached hydrogen (secondary N) is 1. The van der Waals surface area contributed by atoms with Crippen molar-refractivity contribution in [3.63, 3.8) is 0 Å². The van der Waals surface area contributed by atoms with Crippen LogP contribution < -0.4 is 5.32 Å². The summed E-state index contributed by atoms with van der Waals surface area (Å²) in [5.74, 6) is 0. The topological polar surface area (TPSA) is 15.3 Å². The zero-order chi connectivity index (χ0) is 12.8. The fourth-order valence-electron chi connectivity index (χ4n) is 2.76. The first-order valence-corrected chi connectivity index (χ1v) is 7.32. The van der Waals surface area contributed by atoms with E-state index >= 15 is 0 Å². The molecule has 1 aliphatic heterocycles. The number of likely N-dealkylation sites (tertiary alicyclic amines) is 1. The van der Waals surface area contributed by atoms with Crippen molar-refractivity contribution in [2.75, 3.05) is 13.1 Å². The molecule has 2 nitrogen and oxygen atoms in total. The summed E-state index contributed by atoms with van der Waals surface area (Å²) < 4.78 is 0. The highest BCUT2D eigenvalue weighted by molar-refractivity contribution is 5.27. The van der Waals surface area contributed by atoms with Gasteiger partial charge in [0.15, 0.2) is 0 Å². The quantitative estimate of drug-likeness (QED) is 0.858. The number of hydrogen-bond acceptors (Lipinski definition) is 2. The van der Waals surface area contributed by atoms with E-state index in [-0.39, 0.29) is 0 Å². The van der Waals surface area contributed by atoms with Gasteiger partial charge < -0.3 is 5.32 Å². The molecule has 0 aromatic heterocycles. The number of rotatable bonds is 5. The van der Waals surface area contributed by atoms with Crippen LogP contribution in [-0.2, 0) is 13.1 Å². The fraction of sp³-hybridized carbons (Fsp3) is 0.625. The van der Waals surface area contributed by atoms with E-state index in [2.05, 4.69) is 48.3 Å². The maximum Gasteiger partial charge on any atom is 0.0239 e. The highest BCUT2D eigenvalue weighted by Gasteiger charge is 2.18. The second-order valence-electron chi connectivity index (χ2n) is 5.36. The van der Waals surface area contributed by atoms with E-state index in [0.717, 1.165) is 25.7 Å². The Bertz CT molecular complexity index is 362. The first-order chi connectivity index (χ1) is 8.81. The van der Waals surface area contributed by atoms with Gasteiger partial charge in [0, 0.05) is 19.1 Å². The molecule has 0 amide bonds. The van der Waals surface area contributed by atoms with Crippen LogP contribution in [0, 0.1) is 0 Å². The Morgan fingerprint density at radius 3 is 2.72 bits per heavy atom. The van der Waals surface area contributed by atoms with Crippen LogP contribution in [-0.4, -0.2) is 24.0 Å². The third kappa shape index (κ3) is 3.56. The largest absolute Gasteiger partial charge is 0.313 e. The molecular weight excluding hydrogens is 220 g/mol. The summed E-state index contributed by atoms with van der Waals surface area (Å²) in [6, 6.07) is 9.60. The van der Waals surface area contributed by atoms with Gasteiger partial charge in [0.05, 0.1) is 0 Å². The second-order valence-corrected chi connectivity index (χ2v) is 5.36. The van der Waals surface area contributed by atoms with Crippen LogP contribution in [0.5, 0.6) is 0 Å². The van der Waals surface area contributed by atoms with Crippen molar-refractivity contribution >= 4 is 0 Å². The van der Waals surface area contributed by atoms with Crippen LogP contribution in [0.1, 0.15) is 44.2 Å². The normalized spacial score (nSPS) is 21.1. The minimum atomic E-state index is 0.742. The van der Waals surface area contributed by atoms with Crippen molar-refractivity contribution in [3.8, 4) is 0 Å². The maximum atomic E-state index is 3.43. The Morgan fingerprint density at radius 2 is 2.00 bits per heavy atom. The highest BCUT2D eigenvalue weighted by atomic mass is 15.2. The molecule has 1 unspecified atom stereocenters. The molecule has 2 heteroatoms. The summed E-state index contributed by atoms with van der Waals surface area (Å²) >= 11 is 0. The monoisotopic (exact) mass is 246 g/mol. The lowest BCUT2D eigenvalue weighted by Gasteiger charge is -2.33.